The van der Waals surface area contributed by atoms with E-state index in [-0.39, 0.29) is 0 Å². The van der Waals surface area contributed by atoms with Crippen LogP contribution in [0.2, 0.25) is 0 Å². The van der Waals surface area contributed by atoms with E-state index < -0.39 is 0 Å². The Bertz CT molecular complexity index is 807. The van der Waals surface area contributed by atoms with Gasteiger partial charge in [0.15, 0.2) is 11.5 Å². The minimum atomic E-state index is 0.371. The molecule has 0 saturated carbocycles. The summed E-state index contributed by atoms with van der Waals surface area (Å²) in [4.78, 5) is 12.1. The van der Waals surface area contributed by atoms with E-state index in [0.717, 1.165) is 55.3 Å². The van der Waals surface area contributed by atoms with E-state index in [4.69, 9.17) is 19.4 Å². The molecule has 2 aliphatic rings. The maximum Gasteiger partial charge on any atom is 0.227 e. The molecule has 2 N–H and O–H groups in total. The van der Waals surface area contributed by atoms with Gasteiger partial charge in [-0.05, 0) is 37.8 Å². The van der Waals surface area contributed by atoms with Gasteiger partial charge < -0.3 is 25.0 Å². The summed E-state index contributed by atoms with van der Waals surface area (Å²) in [5, 5.41) is 8.08. The summed E-state index contributed by atoms with van der Waals surface area (Å²) < 4.78 is 11.0. The molecule has 7 nitrogen and oxygen atoms in total. The molecule has 1 aromatic carbocycles. The third-order valence-corrected chi connectivity index (χ3v) is 5.53. The van der Waals surface area contributed by atoms with Crippen molar-refractivity contribution in [2.75, 3.05) is 50.6 Å². The Morgan fingerprint density at radius 1 is 1.15 bits per heavy atom. The maximum atomic E-state index is 5.50. The molecule has 0 spiro atoms. The number of hydrogen-bond donors (Lipinski definition) is 2. The lowest BCUT2D eigenvalue weighted by Gasteiger charge is -2.26. The van der Waals surface area contributed by atoms with Crippen molar-refractivity contribution in [2.24, 2.45) is 5.92 Å². The van der Waals surface area contributed by atoms with Gasteiger partial charge in [-0.3, -0.25) is 0 Å². The van der Waals surface area contributed by atoms with Gasteiger partial charge in [0.25, 0.3) is 0 Å². The molecule has 0 amide bonds. The topological polar surface area (TPSA) is 71.5 Å². The van der Waals surface area contributed by atoms with Crippen LogP contribution in [-0.4, -0.2) is 56.4 Å². The lowest BCUT2D eigenvalue weighted by atomic mass is 10.1. The molecule has 3 heterocycles. The van der Waals surface area contributed by atoms with Crippen molar-refractivity contribution in [3.8, 4) is 11.5 Å². The van der Waals surface area contributed by atoms with Gasteiger partial charge in [-0.2, -0.15) is 4.98 Å². The first kappa shape index (κ1) is 18.1. The summed E-state index contributed by atoms with van der Waals surface area (Å²) in [6.45, 7) is 6.33. The number of anilines is 2. The first-order valence-corrected chi connectivity index (χ1v) is 9.84. The van der Waals surface area contributed by atoms with Gasteiger partial charge in [-0.25, -0.2) is 4.98 Å². The third kappa shape index (κ3) is 3.74. The number of benzene rings is 1. The smallest absolute Gasteiger partial charge is 0.227 e. The van der Waals surface area contributed by atoms with Crippen LogP contribution in [0.4, 0.5) is 11.8 Å². The average molecular weight is 371 g/mol. The molecule has 2 saturated heterocycles. The standard InChI is InChI=1S/C20H29N5O2/c1-13-6-8-25(12-13)20-23-16-10-18(27-3)17(26-2)9-15(16)19(24-20)22-14-5-4-7-21-11-14/h9-10,13-14,21H,4-8,11-12H2,1-3H3,(H,22,23,24)/t13?,14-/m0/s1. The number of nitrogens with one attached hydrogen (secondary N) is 2. The van der Waals surface area contributed by atoms with Crippen LogP contribution >= 0.6 is 0 Å². The van der Waals surface area contributed by atoms with Crippen LogP contribution < -0.4 is 25.0 Å². The molecule has 27 heavy (non-hydrogen) atoms. The quantitative estimate of drug-likeness (QED) is 0.837. The Morgan fingerprint density at radius 2 is 1.96 bits per heavy atom. The van der Waals surface area contributed by atoms with Gasteiger partial charge in [-0.1, -0.05) is 6.92 Å². The predicted molar refractivity (Wildman–Crippen MR) is 108 cm³/mol. The summed E-state index contributed by atoms with van der Waals surface area (Å²) in [5.74, 6) is 3.74. The summed E-state index contributed by atoms with van der Waals surface area (Å²) in [6.07, 6.45) is 3.50. The molecule has 1 aromatic heterocycles. The lowest BCUT2D eigenvalue weighted by molar-refractivity contribution is 0.356. The van der Waals surface area contributed by atoms with Crippen molar-refractivity contribution in [3.05, 3.63) is 12.1 Å². The Kier molecular flexibility index (Phi) is 5.20. The van der Waals surface area contributed by atoms with Crippen molar-refractivity contribution in [1.82, 2.24) is 15.3 Å². The SMILES string of the molecule is COc1cc2nc(N3CCC(C)C3)nc(N[C@H]3CCCNC3)c2cc1OC. The predicted octanol–water partition coefficient (Wildman–Crippen LogP) is 2.66. The van der Waals surface area contributed by atoms with Crippen molar-refractivity contribution in [3.63, 3.8) is 0 Å². The fourth-order valence-corrected chi connectivity index (χ4v) is 3.98. The zero-order chi connectivity index (χ0) is 18.8. The van der Waals surface area contributed by atoms with Gasteiger partial charge in [0.2, 0.25) is 5.95 Å². The van der Waals surface area contributed by atoms with E-state index in [1.807, 2.05) is 12.1 Å². The second-order valence-electron chi connectivity index (χ2n) is 7.62. The summed E-state index contributed by atoms with van der Waals surface area (Å²) in [7, 11) is 3.31. The number of hydrogen-bond acceptors (Lipinski definition) is 7. The van der Waals surface area contributed by atoms with E-state index in [2.05, 4.69) is 22.5 Å². The van der Waals surface area contributed by atoms with Gasteiger partial charge in [0, 0.05) is 37.1 Å². The monoisotopic (exact) mass is 371 g/mol. The van der Waals surface area contributed by atoms with Crippen LogP contribution in [-0.2, 0) is 0 Å². The highest BCUT2D eigenvalue weighted by atomic mass is 16.5. The van der Waals surface area contributed by atoms with Gasteiger partial charge in [0.1, 0.15) is 5.82 Å². The van der Waals surface area contributed by atoms with Crippen LogP contribution in [0.15, 0.2) is 12.1 Å². The molecule has 0 aliphatic carbocycles. The van der Waals surface area contributed by atoms with Crippen molar-refractivity contribution in [2.45, 2.75) is 32.2 Å². The highest BCUT2D eigenvalue weighted by Gasteiger charge is 2.24. The van der Waals surface area contributed by atoms with Crippen molar-refractivity contribution < 1.29 is 9.47 Å². The highest BCUT2D eigenvalue weighted by Crippen LogP contribution is 2.36. The fourth-order valence-electron chi connectivity index (χ4n) is 3.98. The Morgan fingerprint density at radius 3 is 2.63 bits per heavy atom. The molecular formula is C20H29N5O2. The molecule has 4 rings (SSSR count). The first-order valence-electron chi connectivity index (χ1n) is 9.84. The molecular weight excluding hydrogens is 342 g/mol. The maximum absolute atomic E-state index is 5.50. The minimum Gasteiger partial charge on any atom is -0.493 e. The number of methoxy groups -OCH3 is 2. The lowest BCUT2D eigenvalue weighted by Crippen LogP contribution is -2.38. The average Bonchev–Trinajstić information content (AvgIpc) is 3.14. The number of piperidine rings is 1. The zero-order valence-corrected chi connectivity index (χ0v) is 16.4. The molecule has 2 aliphatic heterocycles. The molecule has 2 atom stereocenters. The van der Waals surface area contributed by atoms with Crippen molar-refractivity contribution in [1.29, 1.82) is 0 Å². The molecule has 1 unspecified atom stereocenters. The number of aromatic nitrogens is 2. The Balaban J connectivity index is 1.77. The first-order chi connectivity index (χ1) is 13.2. The van der Waals surface area contributed by atoms with E-state index in [0.29, 0.717) is 23.5 Å². The van der Waals surface area contributed by atoms with Gasteiger partial charge in [0.05, 0.1) is 19.7 Å². The van der Waals surface area contributed by atoms with Crippen LogP contribution in [0.5, 0.6) is 11.5 Å². The van der Waals surface area contributed by atoms with E-state index in [9.17, 15) is 0 Å². The van der Waals surface area contributed by atoms with Crippen LogP contribution in [0.3, 0.4) is 0 Å². The second-order valence-corrected chi connectivity index (χ2v) is 7.62. The van der Waals surface area contributed by atoms with Gasteiger partial charge in [-0.15, -0.1) is 0 Å². The second kappa shape index (κ2) is 7.76. The summed E-state index contributed by atoms with van der Waals surface area (Å²) in [6, 6.07) is 4.29. The largest absolute Gasteiger partial charge is 0.493 e. The third-order valence-electron chi connectivity index (χ3n) is 5.53. The summed E-state index contributed by atoms with van der Waals surface area (Å²) in [5.41, 5.74) is 0.878. The Labute approximate surface area is 160 Å². The molecule has 0 radical (unpaired) electrons. The number of fused-ring (bicyclic) bond motifs is 1. The van der Waals surface area contributed by atoms with Crippen LogP contribution in [0.1, 0.15) is 26.2 Å². The fraction of sp³-hybridized carbons (Fsp3) is 0.600. The molecule has 0 bridgehead atoms. The van der Waals surface area contributed by atoms with E-state index in [1.54, 1.807) is 14.2 Å². The van der Waals surface area contributed by atoms with Crippen molar-refractivity contribution >= 4 is 22.7 Å². The minimum absolute atomic E-state index is 0.371. The normalized spacial score (nSPS) is 22.9. The zero-order valence-electron chi connectivity index (χ0n) is 16.4. The summed E-state index contributed by atoms with van der Waals surface area (Å²) >= 11 is 0. The van der Waals surface area contributed by atoms with Crippen LogP contribution in [0.25, 0.3) is 10.9 Å². The molecule has 7 heteroatoms. The number of ether oxygens (including phenoxy) is 2. The van der Waals surface area contributed by atoms with E-state index in [1.165, 1.54) is 12.8 Å². The molecule has 146 valence electrons. The molecule has 2 fully saturated rings. The molecule has 2 aromatic rings. The van der Waals surface area contributed by atoms with E-state index >= 15 is 0 Å². The Hall–Kier alpha value is -2.28. The highest BCUT2D eigenvalue weighted by molar-refractivity contribution is 5.93. The number of rotatable bonds is 5. The van der Waals surface area contributed by atoms with Crippen LogP contribution in [0, 0.1) is 5.92 Å². The number of nitrogens with zero attached hydrogens (tertiary/aromatic N) is 3. The van der Waals surface area contributed by atoms with Gasteiger partial charge >= 0.3 is 0 Å².